The van der Waals surface area contributed by atoms with Crippen LogP contribution in [0.25, 0.3) is 0 Å². The summed E-state index contributed by atoms with van der Waals surface area (Å²) in [6.45, 7) is 0.434. The molecule has 2 heterocycles. The lowest BCUT2D eigenvalue weighted by molar-refractivity contribution is -0.122. The molecule has 1 spiro atoms. The Labute approximate surface area is 166 Å². The number of likely N-dealkylation sites (N-methyl/N-ethyl adjacent to an activating group) is 1. The number of halogens is 1. The van der Waals surface area contributed by atoms with Gasteiger partial charge in [-0.3, -0.25) is 4.79 Å². The van der Waals surface area contributed by atoms with E-state index >= 15 is 0 Å². The summed E-state index contributed by atoms with van der Waals surface area (Å²) in [4.78, 5) is 14.9. The second kappa shape index (κ2) is 6.32. The summed E-state index contributed by atoms with van der Waals surface area (Å²) in [5.74, 6) is 0.588. The van der Waals surface area contributed by atoms with Crippen molar-refractivity contribution in [3.05, 3.63) is 52.5 Å². The SMILES string of the molecule is COc1ccc2c(c1)[C@@]1(CCN(S(=O)(=O)c3ccc(Br)cc3)C1)C(=O)N2C. The summed E-state index contributed by atoms with van der Waals surface area (Å²) in [7, 11) is -0.360. The first-order chi connectivity index (χ1) is 12.8. The molecule has 0 N–H and O–H groups in total. The molecule has 4 rings (SSSR count). The van der Waals surface area contributed by atoms with E-state index in [4.69, 9.17) is 4.74 Å². The number of carbonyl (C=O) groups is 1. The van der Waals surface area contributed by atoms with E-state index in [0.29, 0.717) is 18.7 Å². The summed E-state index contributed by atoms with van der Waals surface area (Å²) in [6.07, 6.45) is 0.450. The first kappa shape index (κ1) is 18.5. The lowest BCUT2D eigenvalue weighted by Gasteiger charge is -2.23. The molecule has 1 atom stereocenters. The van der Waals surface area contributed by atoms with Gasteiger partial charge in [0.1, 0.15) is 5.75 Å². The normalized spacial score (nSPS) is 22.5. The molecule has 0 aromatic heterocycles. The lowest BCUT2D eigenvalue weighted by Crippen LogP contribution is -2.42. The van der Waals surface area contributed by atoms with Crippen LogP contribution in [0.2, 0.25) is 0 Å². The van der Waals surface area contributed by atoms with Crippen molar-refractivity contribution in [1.82, 2.24) is 4.31 Å². The molecule has 0 bridgehead atoms. The topological polar surface area (TPSA) is 66.9 Å². The second-order valence-corrected chi connectivity index (χ2v) is 9.73. The Kier molecular flexibility index (Phi) is 4.32. The van der Waals surface area contributed by atoms with Crippen molar-refractivity contribution in [2.75, 3.05) is 32.1 Å². The number of amides is 1. The van der Waals surface area contributed by atoms with Gasteiger partial charge in [-0.15, -0.1) is 0 Å². The number of rotatable bonds is 3. The predicted octanol–water partition coefficient (Wildman–Crippen LogP) is 2.77. The van der Waals surface area contributed by atoms with Crippen molar-refractivity contribution in [1.29, 1.82) is 0 Å². The number of benzene rings is 2. The Bertz CT molecular complexity index is 1020. The minimum absolute atomic E-state index is 0.0701. The van der Waals surface area contributed by atoms with Gasteiger partial charge in [0.15, 0.2) is 0 Å². The molecule has 1 amide bonds. The summed E-state index contributed by atoms with van der Waals surface area (Å²) < 4.78 is 33.7. The Morgan fingerprint density at radius 3 is 2.52 bits per heavy atom. The molecule has 0 radical (unpaired) electrons. The number of fused-ring (bicyclic) bond motifs is 2. The second-order valence-electron chi connectivity index (χ2n) is 6.87. The van der Waals surface area contributed by atoms with E-state index in [2.05, 4.69) is 15.9 Å². The molecule has 2 aliphatic rings. The molecule has 6 nitrogen and oxygen atoms in total. The van der Waals surface area contributed by atoms with Crippen LogP contribution in [0, 0.1) is 0 Å². The molecular formula is C19H19BrN2O4S. The number of methoxy groups -OCH3 is 1. The van der Waals surface area contributed by atoms with E-state index in [1.165, 1.54) is 4.31 Å². The smallest absolute Gasteiger partial charge is 0.243 e. The first-order valence-corrected chi connectivity index (χ1v) is 10.8. The largest absolute Gasteiger partial charge is 0.497 e. The van der Waals surface area contributed by atoms with Crippen molar-refractivity contribution in [2.45, 2.75) is 16.7 Å². The van der Waals surface area contributed by atoms with Crippen molar-refractivity contribution in [2.24, 2.45) is 0 Å². The fourth-order valence-electron chi connectivity index (χ4n) is 3.99. The molecule has 2 aliphatic heterocycles. The van der Waals surface area contributed by atoms with Gasteiger partial charge in [-0.2, -0.15) is 4.31 Å². The third-order valence-electron chi connectivity index (χ3n) is 5.48. The van der Waals surface area contributed by atoms with E-state index in [9.17, 15) is 13.2 Å². The molecule has 2 aromatic rings. The van der Waals surface area contributed by atoms with Gasteiger partial charge in [0.25, 0.3) is 0 Å². The van der Waals surface area contributed by atoms with Gasteiger partial charge in [-0.05, 0) is 54.4 Å². The van der Waals surface area contributed by atoms with Gasteiger partial charge in [-0.25, -0.2) is 8.42 Å². The van der Waals surface area contributed by atoms with Gasteiger partial charge in [0.2, 0.25) is 15.9 Å². The van der Waals surface area contributed by atoms with Gasteiger partial charge in [-0.1, -0.05) is 15.9 Å². The molecule has 0 unspecified atom stereocenters. The Morgan fingerprint density at radius 2 is 1.85 bits per heavy atom. The van der Waals surface area contributed by atoms with Crippen molar-refractivity contribution in [3.8, 4) is 5.75 Å². The van der Waals surface area contributed by atoms with Crippen LogP contribution in [0.3, 0.4) is 0 Å². The maximum absolute atomic E-state index is 13.1. The predicted molar refractivity (Wildman–Crippen MR) is 106 cm³/mol. The standard InChI is InChI=1S/C19H19BrN2O4S/c1-21-17-8-5-14(26-2)11-16(17)19(18(21)23)9-10-22(12-19)27(24,25)15-6-3-13(20)4-7-15/h3-8,11H,9-10,12H2,1-2H3/t19-/m0/s1. The zero-order valence-corrected chi connectivity index (χ0v) is 17.4. The van der Waals surface area contributed by atoms with Crippen LogP contribution in [-0.2, 0) is 20.2 Å². The minimum Gasteiger partial charge on any atom is -0.497 e. The molecule has 1 saturated heterocycles. The van der Waals surface area contributed by atoms with Crippen molar-refractivity contribution >= 4 is 37.5 Å². The number of anilines is 1. The number of nitrogens with zero attached hydrogens (tertiary/aromatic N) is 2. The van der Waals surface area contributed by atoms with E-state index in [-0.39, 0.29) is 17.3 Å². The number of carbonyl (C=O) groups excluding carboxylic acids is 1. The van der Waals surface area contributed by atoms with Crippen molar-refractivity contribution < 1.29 is 17.9 Å². The molecule has 0 saturated carbocycles. The summed E-state index contributed by atoms with van der Waals surface area (Å²) in [5, 5.41) is 0. The van der Waals surface area contributed by atoms with Gasteiger partial charge in [0.05, 0.1) is 17.4 Å². The van der Waals surface area contributed by atoms with E-state index in [1.807, 2.05) is 18.2 Å². The lowest BCUT2D eigenvalue weighted by atomic mass is 9.81. The molecule has 0 aliphatic carbocycles. The van der Waals surface area contributed by atoms with Crippen LogP contribution in [0.1, 0.15) is 12.0 Å². The van der Waals surface area contributed by atoms with E-state index in [0.717, 1.165) is 15.7 Å². The summed E-state index contributed by atoms with van der Waals surface area (Å²) in [6, 6.07) is 12.1. The maximum Gasteiger partial charge on any atom is 0.243 e. The molecule has 1 fully saturated rings. The fraction of sp³-hybridized carbons (Fsp3) is 0.316. The highest BCUT2D eigenvalue weighted by Gasteiger charge is 2.55. The van der Waals surface area contributed by atoms with E-state index in [1.54, 1.807) is 43.3 Å². The number of hydrogen-bond acceptors (Lipinski definition) is 4. The van der Waals surface area contributed by atoms with Crippen LogP contribution in [0.4, 0.5) is 5.69 Å². The third-order valence-corrected chi connectivity index (χ3v) is 7.87. The Morgan fingerprint density at radius 1 is 1.15 bits per heavy atom. The van der Waals surface area contributed by atoms with E-state index < -0.39 is 15.4 Å². The third kappa shape index (κ3) is 2.69. The Hall–Kier alpha value is -1.90. The van der Waals surface area contributed by atoms with Crippen LogP contribution < -0.4 is 9.64 Å². The monoisotopic (exact) mass is 450 g/mol. The molecule has 142 valence electrons. The van der Waals surface area contributed by atoms with Gasteiger partial charge >= 0.3 is 0 Å². The van der Waals surface area contributed by atoms with Gasteiger partial charge in [0, 0.05) is 30.3 Å². The zero-order chi connectivity index (χ0) is 19.4. The van der Waals surface area contributed by atoms with Crippen LogP contribution in [-0.4, -0.2) is 45.9 Å². The zero-order valence-electron chi connectivity index (χ0n) is 15.0. The minimum atomic E-state index is -3.67. The summed E-state index contributed by atoms with van der Waals surface area (Å²) in [5.41, 5.74) is 0.785. The molecular weight excluding hydrogens is 432 g/mol. The average molecular weight is 451 g/mol. The van der Waals surface area contributed by atoms with Gasteiger partial charge < -0.3 is 9.64 Å². The molecule has 8 heteroatoms. The maximum atomic E-state index is 13.1. The van der Waals surface area contributed by atoms with Crippen LogP contribution in [0.15, 0.2) is 51.8 Å². The fourth-order valence-corrected chi connectivity index (χ4v) is 5.76. The highest BCUT2D eigenvalue weighted by molar-refractivity contribution is 9.10. The number of ether oxygens (including phenoxy) is 1. The number of hydrogen-bond donors (Lipinski definition) is 0. The summed E-state index contributed by atoms with van der Waals surface area (Å²) >= 11 is 3.32. The Balaban J connectivity index is 1.74. The molecule has 27 heavy (non-hydrogen) atoms. The average Bonchev–Trinajstić information content (AvgIpc) is 3.21. The molecule has 2 aromatic carbocycles. The van der Waals surface area contributed by atoms with Crippen LogP contribution >= 0.6 is 15.9 Å². The van der Waals surface area contributed by atoms with Crippen molar-refractivity contribution in [3.63, 3.8) is 0 Å². The number of sulfonamides is 1. The quantitative estimate of drug-likeness (QED) is 0.720. The first-order valence-electron chi connectivity index (χ1n) is 8.52. The van der Waals surface area contributed by atoms with Crippen LogP contribution in [0.5, 0.6) is 5.75 Å². The highest BCUT2D eigenvalue weighted by Crippen LogP contribution is 2.48. The highest BCUT2D eigenvalue weighted by atomic mass is 79.9.